The number of nitrogens with zero attached hydrogens (tertiary/aromatic N) is 3. The molecule has 2 N–H and O–H groups in total. The number of hydrogen-bond acceptors (Lipinski definition) is 5. The molecule has 0 atom stereocenters. The highest BCUT2D eigenvalue weighted by Gasteiger charge is 2.11. The number of anilines is 1. The van der Waals surface area contributed by atoms with Gasteiger partial charge in [0.05, 0.1) is 25.7 Å². The number of rotatable bonds is 7. The van der Waals surface area contributed by atoms with Gasteiger partial charge in [-0.3, -0.25) is 9.67 Å². The molecule has 0 radical (unpaired) electrons. The summed E-state index contributed by atoms with van der Waals surface area (Å²) in [6.07, 6.45) is 8.06. The standard InChI is InChI=1S/C22H27N5O3.HI/c1-27-16-17(15-25-27)7-9-23-22(24-10-8-19-4-2-11-28-19)26-18-5-6-20-21(14-18)30-13-3-12-29-20;/h2,4-6,11,14-16H,3,7-10,12-13H2,1H3,(H2,23,24,26);1H. The fourth-order valence-corrected chi connectivity index (χ4v) is 3.18. The third-order valence-corrected chi connectivity index (χ3v) is 4.68. The van der Waals surface area contributed by atoms with E-state index in [1.54, 1.807) is 6.26 Å². The SMILES string of the molecule is Cn1cc(CCNC(=NCCc2ccco2)Nc2ccc3c(c2)OCCCO3)cn1.I. The average molecular weight is 537 g/mol. The Hall–Kier alpha value is -2.69. The molecule has 2 aromatic heterocycles. The first-order chi connectivity index (χ1) is 14.8. The van der Waals surface area contributed by atoms with Crippen LogP contribution in [-0.2, 0) is 19.9 Å². The van der Waals surface area contributed by atoms with E-state index in [4.69, 9.17) is 18.9 Å². The van der Waals surface area contributed by atoms with Gasteiger partial charge in [0.2, 0.25) is 0 Å². The number of aryl methyl sites for hydroxylation is 1. The Morgan fingerprint density at radius 3 is 2.81 bits per heavy atom. The van der Waals surface area contributed by atoms with Crippen LogP contribution in [-0.4, -0.2) is 42.0 Å². The van der Waals surface area contributed by atoms with Gasteiger partial charge in [-0.15, -0.1) is 24.0 Å². The summed E-state index contributed by atoms with van der Waals surface area (Å²) < 4.78 is 18.7. The van der Waals surface area contributed by atoms with Crippen LogP contribution in [0.15, 0.2) is 58.4 Å². The second-order valence-corrected chi connectivity index (χ2v) is 7.10. The first-order valence-corrected chi connectivity index (χ1v) is 10.2. The van der Waals surface area contributed by atoms with Gasteiger partial charge in [0.15, 0.2) is 17.5 Å². The highest BCUT2D eigenvalue weighted by molar-refractivity contribution is 14.0. The van der Waals surface area contributed by atoms with Crippen molar-refractivity contribution in [1.82, 2.24) is 15.1 Å². The zero-order valence-electron chi connectivity index (χ0n) is 17.5. The predicted molar refractivity (Wildman–Crippen MR) is 131 cm³/mol. The van der Waals surface area contributed by atoms with Gasteiger partial charge in [-0.05, 0) is 36.2 Å². The lowest BCUT2D eigenvalue weighted by Crippen LogP contribution is -2.32. The van der Waals surface area contributed by atoms with Crippen molar-refractivity contribution in [1.29, 1.82) is 0 Å². The Morgan fingerprint density at radius 2 is 2.03 bits per heavy atom. The van der Waals surface area contributed by atoms with E-state index in [2.05, 4.69) is 15.7 Å². The molecular weight excluding hydrogens is 509 g/mol. The molecule has 0 saturated carbocycles. The van der Waals surface area contributed by atoms with Crippen LogP contribution in [0.1, 0.15) is 17.7 Å². The maximum atomic E-state index is 5.80. The van der Waals surface area contributed by atoms with Crippen molar-refractivity contribution < 1.29 is 13.9 Å². The number of aromatic nitrogens is 2. The minimum Gasteiger partial charge on any atom is -0.490 e. The maximum Gasteiger partial charge on any atom is 0.195 e. The molecule has 166 valence electrons. The van der Waals surface area contributed by atoms with E-state index in [1.807, 2.05) is 54.5 Å². The minimum atomic E-state index is 0. The Bertz CT molecular complexity index is 971. The van der Waals surface area contributed by atoms with Crippen LogP contribution in [0.5, 0.6) is 11.5 Å². The monoisotopic (exact) mass is 537 g/mol. The van der Waals surface area contributed by atoms with Crippen molar-refractivity contribution in [2.45, 2.75) is 19.3 Å². The van der Waals surface area contributed by atoms with Gasteiger partial charge in [-0.25, -0.2) is 0 Å². The van der Waals surface area contributed by atoms with Crippen LogP contribution in [0.2, 0.25) is 0 Å². The lowest BCUT2D eigenvalue weighted by atomic mass is 10.2. The summed E-state index contributed by atoms with van der Waals surface area (Å²) >= 11 is 0. The molecule has 3 aromatic rings. The maximum absolute atomic E-state index is 5.80. The van der Waals surface area contributed by atoms with Crippen LogP contribution < -0.4 is 20.1 Å². The lowest BCUT2D eigenvalue weighted by Gasteiger charge is -2.14. The van der Waals surface area contributed by atoms with Crippen molar-refractivity contribution in [3.63, 3.8) is 0 Å². The second kappa shape index (κ2) is 11.6. The van der Waals surface area contributed by atoms with Gasteiger partial charge >= 0.3 is 0 Å². The van der Waals surface area contributed by atoms with Gasteiger partial charge in [-0.2, -0.15) is 5.10 Å². The molecule has 4 rings (SSSR count). The summed E-state index contributed by atoms with van der Waals surface area (Å²) in [4.78, 5) is 4.70. The van der Waals surface area contributed by atoms with Crippen molar-refractivity contribution in [3.8, 4) is 11.5 Å². The van der Waals surface area contributed by atoms with Gasteiger partial charge in [-0.1, -0.05) is 0 Å². The zero-order valence-corrected chi connectivity index (χ0v) is 19.9. The van der Waals surface area contributed by atoms with Gasteiger partial charge in [0.1, 0.15) is 5.76 Å². The van der Waals surface area contributed by atoms with Crippen LogP contribution in [0.4, 0.5) is 5.69 Å². The average Bonchev–Trinajstić information content (AvgIpc) is 3.34. The van der Waals surface area contributed by atoms with E-state index in [-0.39, 0.29) is 24.0 Å². The number of aliphatic imine (C=N–C) groups is 1. The van der Waals surface area contributed by atoms with E-state index >= 15 is 0 Å². The summed E-state index contributed by atoms with van der Waals surface area (Å²) in [6.45, 7) is 2.68. The summed E-state index contributed by atoms with van der Waals surface area (Å²) in [5.74, 6) is 3.16. The number of hydrogen-bond donors (Lipinski definition) is 2. The molecule has 0 amide bonds. The molecule has 9 heteroatoms. The number of furan rings is 1. The fraction of sp³-hybridized carbons (Fsp3) is 0.364. The van der Waals surface area contributed by atoms with Crippen molar-refractivity contribution in [3.05, 3.63) is 60.3 Å². The van der Waals surface area contributed by atoms with E-state index in [9.17, 15) is 0 Å². The topological polar surface area (TPSA) is 85.8 Å². The van der Waals surface area contributed by atoms with Gasteiger partial charge < -0.3 is 24.5 Å². The summed E-state index contributed by atoms with van der Waals surface area (Å²) in [5, 5.41) is 11.0. The van der Waals surface area contributed by atoms with Crippen molar-refractivity contribution in [2.75, 3.05) is 31.6 Å². The Labute approximate surface area is 199 Å². The highest BCUT2D eigenvalue weighted by atomic mass is 127. The molecule has 0 bridgehead atoms. The molecule has 1 aliphatic heterocycles. The number of ether oxygens (including phenoxy) is 2. The second-order valence-electron chi connectivity index (χ2n) is 7.10. The molecule has 0 aliphatic carbocycles. The summed E-state index contributed by atoms with van der Waals surface area (Å²) in [6, 6.07) is 9.70. The third-order valence-electron chi connectivity index (χ3n) is 4.68. The molecule has 0 unspecified atom stereocenters. The quantitative estimate of drug-likeness (QED) is 0.272. The van der Waals surface area contributed by atoms with E-state index in [1.165, 1.54) is 5.56 Å². The van der Waals surface area contributed by atoms with Gasteiger partial charge in [0, 0.05) is 50.9 Å². The number of fused-ring (bicyclic) bond motifs is 1. The molecule has 0 spiro atoms. The molecule has 0 fully saturated rings. The smallest absolute Gasteiger partial charge is 0.195 e. The lowest BCUT2D eigenvalue weighted by molar-refractivity contribution is 0.297. The van der Waals surface area contributed by atoms with Crippen LogP contribution >= 0.6 is 24.0 Å². The molecule has 0 saturated heterocycles. The minimum absolute atomic E-state index is 0. The molecule has 1 aromatic carbocycles. The van der Waals surface area contributed by atoms with Gasteiger partial charge in [0.25, 0.3) is 0 Å². The van der Waals surface area contributed by atoms with Crippen LogP contribution in [0, 0.1) is 0 Å². The Morgan fingerprint density at radius 1 is 1.16 bits per heavy atom. The van der Waals surface area contributed by atoms with Crippen LogP contribution in [0.25, 0.3) is 0 Å². The first-order valence-electron chi connectivity index (χ1n) is 10.2. The zero-order chi connectivity index (χ0) is 20.6. The molecule has 3 heterocycles. The van der Waals surface area contributed by atoms with Crippen molar-refractivity contribution in [2.24, 2.45) is 12.0 Å². The molecule has 31 heavy (non-hydrogen) atoms. The number of benzene rings is 1. The van der Waals surface area contributed by atoms with E-state index in [0.29, 0.717) is 25.7 Å². The van der Waals surface area contributed by atoms with E-state index in [0.717, 1.165) is 48.8 Å². The highest BCUT2D eigenvalue weighted by Crippen LogP contribution is 2.32. The fourth-order valence-electron chi connectivity index (χ4n) is 3.18. The van der Waals surface area contributed by atoms with Crippen LogP contribution in [0.3, 0.4) is 0 Å². The molecule has 8 nitrogen and oxygen atoms in total. The summed E-state index contributed by atoms with van der Waals surface area (Å²) in [7, 11) is 1.92. The summed E-state index contributed by atoms with van der Waals surface area (Å²) in [5.41, 5.74) is 2.07. The number of guanidine groups is 1. The van der Waals surface area contributed by atoms with E-state index < -0.39 is 0 Å². The predicted octanol–water partition coefficient (Wildman–Crippen LogP) is 3.64. The number of halogens is 1. The third kappa shape index (κ3) is 6.91. The Kier molecular flexibility index (Phi) is 8.63. The first kappa shape index (κ1) is 23.0. The Balaban J connectivity index is 0.00000272. The number of nitrogens with one attached hydrogen (secondary N) is 2. The molecular formula is C22H28IN5O3. The largest absolute Gasteiger partial charge is 0.490 e. The van der Waals surface area contributed by atoms with Crippen molar-refractivity contribution >= 4 is 35.6 Å². The normalized spacial score (nSPS) is 13.3. The molecule has 1 aliphatic rings.